The third-order valence-corrected chi connectivity index (χ3v) is 2.63. The number of urea groups is 1. The van der Waals surface area contributed by atoms with Gasteiger partial charge in [-0.25, -0.2) is 4.79 Å². The van der Waals surface area contributed by atoms with Crippen LogP contribution in [0.5, 0.6) is 0 Å². The molecule has 2 N–H and O–H groups in total. The quantitative estimate of drug-likeness (QED) is 0.797. The van der Waals surface area contributed by atoms with Gasteiger partial charge in [-0.15, -0.1) is 0 Å². The van der Waals surface area contributed by atoms with Crippen molar-refractivity contribution >= 4 is 17.8 Å². The molecule has 0 aromatic carbocycles. The fraction of sp³-hybridized carbons (Fsp3) is 0.615. The molecular weight excluding hydrogens is 260 g/mol. The minimum absolute atomic E-state index is 0.00224. The fourth-order valence-corrected chi connectivity index (χ4v) is 1.65. The Balaban J connectivity index is 2.54. The van der Waals surface area contributed by atoms with E-state index in [0.29, 0.717) is 24.7 Å². The highest BCUT2D eigenvalue weighted by Gasteiger charge is 2.16. The van der Waals surface area contributed by atoms with Crippen molar-refractivity contribution < 1.29 is 14.1 Å². The third-order valence-electron chi connectivity index (χ3n) is 2.63. The van der Waals surface area contributed by atoms with Gasteiger partial charge in [-0.3, -0.25) is 4.79 Å². The zero-order valence-corrected chi connectivity index (χ0v) is 12.2. The molecule has 20 heavy (non-hydrogen) atoms. The van der Waals surface area contributed by atoms with Gasteiger partial charge in [0.25, 0.3) is 0 Å². The minimum Gasteiger partial charge on any atom is -0.360 e. The smallest absolute Gasteiger partial charge is 0.317 e. The molecule has 0 fully saturated rings. The third kappa shape index (κ3) is 5.29. The van der Waals surface area contributed by atoms with Gasteiger partial charge in [0.05, 0.1) is 0 Å². The second-order valence-electron chi connectivity index (χ2n) is 4.48. The Bertz CT molecular complexity index is 445. The van der Waals surface area contributed by atoms with Crippen molar-refractivity contribution in [2.75, 3.05) is 25.0 Å². The summed E-state index contributed by atoms with van der Waals surface area (Å²) in [6.07, 6.45) is 1.81. The Labute approximate surface area is 118 Å². The Hall–Kier alpha value is -2.05. The molecule has 7 heteroatoms. The summed E-state index contributed by atoms with van der Waals surface area (Å²) in [6, 6.07) is 1.40. The van der Waals surface area contributed by atoms with E-state index in [4.69, 9.17) is 4.52 Å². The number of hydrogen-bond donors (Lipinski definition) is 2. The van der Waals surface area contributed by atoms with Crippen molar-refractivity contribution in [2.45, 2.75) is 33.6 Å². The van der Waals surface area contributed by atoms with Gasteiger partial charge in [0.15, 0.2) is 5.82 Å². The van der Waals surface area contributed by atoms with Crippen LogP contribution in [0, 0.1) is 6.92 Å². The van der Waals surface area contributed by atoms with Gasteiger partial charge >= 0.3 is 6.03 Å². The number of nitrogens with zero attached hydrogens (tertiary/aromatic N) is 2. The molecule has 3 amide bonds. The molecule has 0 radical (unpaired) electrons. The standard InChI is InChI=1S/C13H22N4O3/c1-4-6-7-17(13(19)14-5-2)9-12(18)15-11-8-10(3)20-16-11/h8H,4-7,9H2,1-3H3,(H,14,19)(H,15,16,18). The number of hydrogen-bond acceptors (Lipinski definition) is 4. The molecule has 1 aromatic heterocycles. The largest absolute Gasteiger partial charge is 0.360 e. The lowest BCUT2D eigenvalue weighted by atomic mass is 10.3. The molecule has 0 unspecified atom stereocenters. The molecule has 7 nitrogen and oxygen atoms in total. The van der Waals surface area contributed by atoms with Crippen LogP contribution in [-0.4, -0.2) is 41.6 Å². The number of amides is 3. The van der Waals surface area contributed by atoms with E-state index in [1.54, 1.807) is 13.0 Å². The summed E-state index contributed by atoms with van der Waals surface area (Å²) in [7, 11) is 0. The molecule has 1 rings (SSSR count). The Morgan fingerprint density at radius 1 is 1.40 bits per heavy atom. The van der Waals surface area contributed by atoms with Crippen LogP contribution in [0.1, 0.15) is 32.4 Å². The van der Waals surface area contributed by atoms with Gasteiger partial charge in [0.2, 0.25) is 5.91 Å². The highest BCUT2D eigenvalue weighted by Crippen LogP contribution is 2.07. The van der Waals surface area contributed by atoms with Crippen molar-refractivity contribution in [2.24, 2.45) is 0 Å². The Kier molecular flexibility index (Phi) is 6.55. The minimum atomic E-state index is -0.291. The molecule has 0 saturated heterocycles. The predicted octanol–water partition coefficient (Wildman–Crippen LogP) is 1.75. The topological polar surface area (TPSA) is 87.5 Å². The normalized spacial score (nSPS) is 10.2. The molecular formula is C13H22N4O3. The van der Waals surface area contributed by atoms with Crippen LogP contribution in [-0.2, 0) is 4.79 Å². The van der Waals surface area contributed by atoms with E-state index in [9.17, 15) is 9.59 Å². The van der Waals surface area contributed by atoms with E-state index in [1.165, 1.54) is 4.90 Å². The van der Waals surface area contributed by atoms with Gasteiger partial charge in [-0.1, -0.05) is 18.5 Å². The lowest BCUT2D eigenvalue weighted by molar-refractivity contribution is -0.116. The second-order valence-corrected chi connectivity index (χ2v) is 4.48. The van der Waals surface area contributed by atoms with Crippen molar-refractivity contribution in [3.05, 3.63) is 11.8 Å². The van der Waals surface area contributed by atoms with Crippen LogP contribution in [0.4, 0.5) is 10.6 Å². The molecule has 112 valence electrons. The molecule has 1 aromatic rings. The highest BCUT2D eigenvalue weighted by atomic mass is 16.5. The number of unbranched alkanes of at least 4 members (excludes halogenated alkanes) is 1. The van der Waals surface area contributed by atoms with Crippen molar-refractivity contribution in [3.8, 4) is 0 Å². The van der Waals surface area contributed by atoms with Crippen LogP contribution in [0.2, 0.25) is 0 Å². The van der Waals surface area contributed by atoms with Crippen LogP contribution in [0.25, 0.3) is 0 Å². The number of aryl methyl sites for hydroxylation is 1. The maximum Gasteiger partial charge on any atom is 0.317 e. The molecule has 0 saturated carbocycles. The van der Waals surface area contributed by atoms with E-state index >= 15 is 0 Å². The highest BCUT2D eigenvalue weighted by molar-refractivity contribution is 5.93. The summed E-state index contributed by atoms with van der Waals surface area (Å²) < 4.78 is 4.86. The lowest BCUT2D eigenvalue weighted by Crippen LogP contribution is -2.44. The van der Waals surface area contributed by atoms with Crippen molar-refractivity contribution in [1.82, 2.24) is 15.4 Å². The average Bonchev–Trinajstić information content (AvgIpc) is 2.80. The number of carbonyl (C=O) groups is 2. The van der Waals surface area contributed by atoms with E-state index in [-0.39, 0.29) is 18.5 Å². The van der Waals surface area contributed by atoms with E-state index < -0.39 is 0 Å². The van der Waals surface area contributed by atoms with Crippen molar-refractivity contribution in [1.29, 1.82) is 0 Å². The Morgan fingerprint density at radius 2 is 2.15 bits per heavy atom. The van der Waals surface area contributed by atoms with Gasteiger partial charge in [-0.05, 0) is 20.3 Å². The van der Waals surface area contributed by atoms with Crippen molar-refractivity contribution in [3.63, 3.8) is 0 Å². The lowest BCUT2D eigenvalue weighted by Gasteiger charge is -2.21. The van der Waals surface area contributed by atoms with E-state index in [2.05, 4.69) is 15.8 Å². The average molecular weight is 282 g/mol. The monoisotopic (exact) mass is 282 g/mol. The molecule has 1 heterocycles. The van der Waals surface area contributed by atoms with Gasteiger partial charge in [0, 0.05) is 19.2 Å². The maximum atomic E-state index is 11.9. The zero-order chi connectivity index (χ0) is 15.0. The first-order valence-corrected chi connectivity index (χ1v) is 6.82. The molecule has 0 bridgehead atoms. The fourth-order valence-electron chi connectivity index (χ4n) is 1.65. The van der Waals surface area contributed by atoms with Gasteiger partial charge in [0.1, 0.15) is 12.3 Å². The van der Waals surface area contributed by atoms with Crippen LogP contribution < -0.4 is 10.6 Å². The molecule has 0 atom stereocenters. The summed E-state index contributed by atoms with van der Waals surface area (Å²) >= 11 is 0. The second kappa shape index (κ2) is 8.19. The first kappa shape index (κ1) is 16.0. The zero-order valence-electron chi connectivity index (χ0n) is 12.2. The summed E-state index contributed by atoms with van der Waals surface area (Å²) in [5.74, 6) is 0.686. The Morgan fingerprint density at radius 3 is 2.70 bits per heavy atom. The van der Waals surface area contributed by atoms with E-state index in [1.807, 2.05) is 13.8 Å². The number of nitrogens with one attached hydrogen (secondary N) is 2. The number of rotatable bonds is 7. The van der Waals surface area contributed by atoms with Crippen LogP contribution in [0.15, 0.2) is 10.6 Å². The predicted molar refractivity (Wildman–Crippen MR) is 75.4 cm³/mol. The number of anilines is 1. The number of aromatic nitrogens is 1. The molecule has 0 spiro atoms. The van der Waals surface area contributed by atoms with Gasteiger partial charge in [-0.2, -0.15) is 0 Å². The summed E-state index contributed by atoms with van der Waals surface area (Å²) in [6.45, 7) is 6.70. The molecule has 0 aliphatic rings. The first-order chi connectivity index (χ1) is 9.56. The summed E-state index contributed by atoms with van der Waals surface area (Å²) in [5.41, 5.74) is 0. The van der Waals surface area contributed by atoms with E-state index in [0.717, 1.165) is 12.8 Å². The molecule has 0 aliphatic carbocycles. The van der Waals surface area contributed by atoms with Crippen LogP contribution >= 0.6 is 0 Å². The van der Waals surface area contributed by atoms with Gasteiger partial charge < -0.3 is 20.1 Å². The maximum absolute atomic E-state index is 11.9. The van der Waals surface area contributed by atoms with Crippen LogP contribution in [0.3, 0.4) is 0 Å². The summed E-state index contributed by atoms with van der Waals surface area (Å²) in [5, 5.41) is 8.98. The molecule has 0 aliphatic heterocycles. The first-order valence-electron chi connectivity index (χ1n) is 6.82. The SMILES string of the molecule is CCCCN(CC(=O)Nc1cc(C)on1)C(=O)NCC. The number of carbonyl (C=O) groups excluding carboxylic acids is 2. The summed E-state index contributed by atoms with van der Waals surface area (Å²) in [4.78, 5) is 25.2.